The van der Waals surface area contributed by atoms with Gasteiger partial charge >= 0.3 is 0 Å². The van der Waals surface area contributed by atoms with E-state index in [1.54, 1.807) is 0 Å². The molecule has 0 saturated carbocycles. The van der Waals surface area contributed by atoms with Crippen molar-refractivity contribution in [2.24, 2.45) is 0 Å². The van der Waals surface area contributed by atoms with Gasteiger partial charge in [-0.3, -0.25) is 4.79 Å². The lowest BCUT2D eigenvalue weighted by Gasteiger charge is -2.50. The van der Waals surface area contributed by atoms with Crippen LogP contribution in [0.2, 0.25) is 0 Å². The fourth-order valence-electron chi connectivity index (χ4n) is 14.3. The predicted octanol–water partition coefficient (Wildman–Crippen LogP) is -10.2. The van der Waals surface area contributed by atoms with Gasteiger partial charge in [-0.25, -0.2) is 0 Å². The van der Waals surface area contributed by atoms with E-state index in [1.165, 1.54) is 0 Å². The van der Waals surface area contributed by atoms with Gasteiger partial charge in [0, 0.05) is 6.42 Å². The standard InChI is InChI=1S/C62H85NO35/c64-13-25-49-35(63-32(71)9-3-6-22-12-23-7-1-4-20-10-11-21-5-2-8-24(22)34(21)33(20)23)36(72)56(85-25)93-50-26(14-65)87-58(44(80)38(50)74)95-52-28(16-67)89-60(46(82)40(52)76)97-54-30(18-69)91-62(48(84)42(54)78)98-55-31(19-70)90-61(47(83)41(55)77)96-53-29(17-68)88-59(45(81)39(53)75)94-51-27(15-66)86-57(92-49)43(79)37(51)73/h1-2,4-5,7-8,10-12,25-31,35-62,64-70,72-84H,3,6,9,13-19H2,(H,63,71)/t25-,26-,27-,28-,29-,30-,31-,35+,36+,37+,38+,39+,40+,41+,42+,43+,44+,45+,46+,47+,48+,49-,50-,51-,52-,53-,54-,55-,56-,57-,58-,59-,60-,61-,62-/m1/s1. The second-order valence-electron chi connectivity index (χ2n) is 25.7. The van der Waals surface area contributed by atoms with E-state index < -0.39 is 267 Å². The van der Waals surface area contributed by atoms with Crippen molar-refractivity contribution in [3.05, 3.63) is 60.2 Å². The third-order valence-electron chi connectivity index (χ3n) is 19.6. The fraction of sp³-hybridized carbons (Fsp3) is 0.726. The molecule has 36 heteroatoms. The Bertz CT molecular complexity index is 3240. The molecule has 21 heterocycles. The maximum atomic E-state index is 14.4. The Morgan fingerprint density at radius 3 is 0.918 bits per heavy atom. The highest BCUT2D eigenvalue weighted by Crippen LogP contribution is 2.41. The zero-order valence-corrected chi connectivity index (χ0v) is 52.0. The van der Waals surface area contributed by atoms with Gasteiger partial charge in [-0.1, -0.05) is 54.6 Å². The molecular weight excluding hydrogens is 1320 g/mol. The first kappa shape index (κ1) is 73.8. The first-order valence-corrected chi connectivity index (χ1v) is 32.3. The summed E-state index contributed by atoms with van der Waals surface area (Å²) < 4.78 is 82.1. The summed E-state index contributed by atoms with van der Waals surface area (Å²) in [5.41, 5.74) is 0.920. The number of ether oxygens (including phenoxy) is 14. The largest absolute Gasteiger partial charge is 0.394 e. The second kappa shape index (κ2) is 31.2. The third-order valence-corrected chi connectivity index (χ3v) is 19.6. The molecule has 35 atom stereocenters. The quantitative estimate of drug-likeness (QED) is 0.0586. The van der Waals surface area contributed by atoms with Crippen molar-refractivity contribution in [3.8, 4) is 0 Å². The molecule has 25 rings (SSSR count). The summed E-state index contributed by atoms with van der Waals surface area (Å²) >= 11 is 0. The minimum Gasteiger partial charge on any atom is -0.394 e. The Balaban J connectivity index is 0.836. The van der Waals surface area contributed by atoms with Crippen molar-refractivity contribution in [2.45, 2.75) is 234 Å². The first-order chi connectivity index (χ1) is 47.1. The SMILES string of the molecule is O=C(CCCc1cc2cccc3ccc4cccc1c4c32)N[C@H]1[C@H](O)[C@H]2O[C@H]3[C@@H](O)[C@H](O)[C@@H](O[C@H]4[C@@H](O)[C@H](O)[C@@H](O[C@H]5[C@@H](O)[C@H](O)[C@@H](O[C@H]6[C@@H](O)[C@H](O)[C@@H](O[C@H]7[C@@H](O)[C@H](O)[C@@H](O[C@H]8[C@@H](O)[C@H](O)[C@@H](O[C@@H]1[C@@H](CO)O2)O[C@@H]8CO)O[C@@H]7CO)O[C@@H]6CO)O[C@@H]5CO)O[C@@H]4CO)O[C@@H]3CO. The van der Waals surface area contributed by atoms with Crippen LogP contribution >= 0.6 is 0 Å². The number of nitrogens with one attached hydrogen (secondary N) is 1. The lowest BCUT2D eigenvalue weighted by molar-refractivity contribution is -0.396. The summed E-state index contributed by atoms with van der Waals surface area (Å²) in [7, 11) is 0. The van der Waals surface area contributed by atoms with E-state index in [2.05, 4.69) is 5.32 Å². The maximum Gasteiger partial charge on any atom is 0.220 e. The molecule has 548 valence electrons. The lowest BCUT2D eigenvalue weighted by atomic mass is 9.90. The molecule has 36 nitrogen and oxygen atoms in total. The molecule has 21 saturated heterocycles. The summed E-state index contributed by atoms with van der Waals surface area (Å²) in [4.78, 5) is 14.4. The lowest BCUT2D eigenvalue weighted by Crippen LogP contribution is -2.70. The second-order valence-corrected chi connectivity index (χ2v) is 25.7. The van der Waals surface area contributed by atoms with Gasteiger partial charge in [0.25, 0.3) is 0 Å². The number of aliphatic hydroxyl groups is 20. The molecular formula is C62H85NO35. The molecule has 0 aromatic heterocycles. The van der Waals surface area contributed by atoms with E-state index in [4.69, 9.17) is 66.3 Å². The number of carbonyl (C=O) groups excluding carboxylic acids is 1. The third kappa shape index (κ3) is 14.0. The molecule has 21 aliphatic rings. The number of aliphatic hydroxyl groups excluding tert-OH is 20. The van der Waals surface area contributed by atoms with E-state index in [0.717, 1.165) is 37.9 Å². The topological polar surface area (TPSA) is 563 Å². The number of aryl methyl sites for hydroxylation is 1. The summed E-state index contributed by atoms with van der Waals surface area (Å²) in [6, 6.07) is 16.2. The molecule has 21 fully saturated rings. The summed E-state index contributed by atoms with van der Waals surface area (Å²) in [6.07, 6.45) is -68.6. The molecule has 98 heavy (non-hydrogen) atoms. The zero-order chi connectivity index (χ0) is 69.9. The van der Waals surface area contributed by atoms with E-state index in [9.17, 15) is 107 Å². The molecule has 1 amide bonds. The van der Waals surface area contributed by atoms with Gasteiger partial charge in [0.15, 0.2) is 44.0 Å². The molecule has 4 aromatic rings. The molecule has 4 aromatic carbocycles. The van der Waals surface area contributed by atoms with Crippen LogP contribution in [0.15, 0.2) is 54.6 Å². The highest BCUT2D eigenvalue weighted by molar-refractivity contribution is 6.23. The van der Waals surface area contributed by atoms with Crippen LogP contribution in [0.4, 0.5) is 0 Å². The smallest absolute Gasteiger partial charge is 0.220 e. The number of hydrogen-bond acceptors (Lipinski definition) is 35. The zero-order valence-electron chi connectivity index (χ0n) is 52.0. The van der Waals surface area contributed by atoms with Gasteiger partial charge < -0.3 is 174 Å². The highest BCUT2D eigenvalue weighted by atomic mass is 16.8. The van der Waals surface area contributed by atoms with Crippen LogP contribution in [0.3, 0.4) is 0 Å². The summed E-state index contributed by atoms with van der Waals surface area (Å²) in [5, 5.41) is 235. The molecule has 0 unspecified atom stereocenters. The highest BCUT2D eigenvalue weighted by Gasteiger charge is 2.60. The van der Waals surface area contributed by atoms with Crippen molar-refractivity contribution in [2.75, 3.05) is 46.2 Å². The number of rotatable bonds is 12. The Labute approximate surface area is 555 Å². The van der Waals surface area contributed by atoms with Gasteiger partial charge in [0.1, 0.15) is 165 Å². The molecule has 0 radical (unpaired) electrons. The Hall–Kier alpha value is -3.97. The molecule has 0 spiro atoms. The van der Waals surface area contributed by atoms with Crippen LogP contribution in [-0.2, 0) is 77.5 Å². The van der Waals surface area contributed by atoms with Crippen molar-refractivity contribution < 1.29 is 173 Å². The summed E-state index contributed by atoms with van der Waals surface area (Å²) in [5.74, 6) is -0.733. The van der Waals surface area contributed by atoms with Crippen LogP contribution in [0.25, 0.3) is 32.3 Å². The molecule has 21 N–H and O–H groups in total. The monoisotopic (exact) mass is 1400 g/mol. The van der Waals surface area contributed by atoms with E-state index in [0.29, 0.717) is 6.42 Å². The van der Waals surface area contributed by atoms with Gasteiger partial charge in [-0.05, 0) is 50.7 Å². The number of carbonyl (C=O) groups is 1. The first-order valence-electron chi connectivity index (χ1n) is 32.3. The van der Waals surface area contributed by atoms with E-state index in [1.807, 2.05) is 54.6 Å². The van der Waals surface area contributed by atoms with E-state index >= 15 is 0 Å². The van der Waals surface area contributed by atoms with Crippen LogP contribution in [-0.4, -0.2) is 369 Å². The van der Waals surface area contributed by atoms with Crippen LogP contribution in [0.1, 0.15) is 18.4 Å². The van der Waals surface area contributed by atoms with Crippen LogP contribution in [0.5, 0.6) is 0 Å². The molecule has 14 bridgehead atoms. The van der Waals surface area contributed by atoms with Crippen molar-refractivity contribution >= 4 is 38.2 Å². The normalized spacial score (nSPS) is 46.1. The number of hydrogen-bond donors (Lipinski definition) is 21. The molecule has 21 aliphatic heterocycles. The summed E-state index contributed by atoms with van der Waals surface area (Å²) in [6.45, 7) is -7.45. The molecule has 0 aliphatic carbocycles. The fourth-order valence-corrected chi connectivity index (χ4v) is 14.3. The van der Waals surface area contributed by atoms with Gasteiger partial charge in [0.2, 0.25) is 5.91 Å². The van der Waals surface area contributed by atoms with Crippen molar-refractivity contribution in [3.63, 3.8) is 0 Å². The minimum atomic E-state index is -2.25. The maximum absolute atomic E-state index is 14.4. The minimum absolute atomic E-state index is 0.209. The Kier molecular flexibility index (Phi) is 23.5. The number of amides is 1. The van der Waals surface area contributed by atoms with Gasteiger partial charge in [-0.15, -0.1) is 0 Å². The van der Waals surface area contributed by atoms with Gasteiger partial charge in [-0.2, -0.15) is 0 Å². The van der Waals surface area contributed by atoms with Gasteiger partial charge in [0.05, 0.1) is 52.3 Å². The van der Waals surface area contributed by atoms with E-state index in [-0.39, 0.29) is 12.8 Å². The number of benzene rings is 4. The average Bonchev–Trinajstić information content (AvgIpc) is 0.748. The average molecular weight is 1400 g/mol. The van der Waals surface area contributed by atoms with Crippen LogP contribution in [0, 0.1) is 0 Å². The Morgan fingerprint density at radius 1 is 0.316 bits per heavy atom. The van der Waals surface area contributed by atoms with Crippen LogP contribution < -0.4 is 5.32 Å². The Morgan fingerprint density at radius 2 is 0.592 bits per heavy atom. The predicted molar refractivity (Wildman–Crippen MR) is 317 cm³/mol. The van der Waals surface area contributed by atoms with Crippen molar-refractivity contribution in [1.82, 2.24) is 5.32 Å². The van der Waals surface area contributed by atoms with Crippen molar-refractivity contribution in [1.29, 1.82) is 0 Å².